The standard InChI is InChI=1S/C8H16.2C2H4O3.2C2H3.Sn/c1-3-5-7-8-6-4-2;2*3-1-2(4)5;2*1-2;/h3H,1,4-8H2,2H3;2*3H,1H2,(H,4,5);2*1H,2H2;/q;;;;;+2/p-2. The summed E-state index contributed by atoms with van der Waals surface area (Å²) in [5, 5.41) is 33.0. The van der Waals surface area contributed by atoms with Crippen molar-refractivity contribution in [3.05, 3.63) is 34.0 Å². The van der Waals surface area contributed by atoms with Crippen LogP contribution in [0.15, 0.2) is 34.0 Å². The van der Waals surface area contributed by atoms with Crippen LogP contribution in [0.25, 0.3) is 0 Å². The minimum Gasteiger partial charge on any atom is -0.548 e. The molecular formula is C16H28O6Sn. The number of carbonyl (C=O) groups excluding carboxylic acids is 2. The third kappa shape index (κ3) is 76.3. The quantitative estimate of drug-likeness (QED) is 0.288. The van der Waals surface area contributed by atoms with Gasteiger partial charge in [-0.2, -0.15) is 0 Å². The minimum atomic E-state index is -1.44. The van der Waals surface area contributed by atoms with Crippen molar-refractivity contribution in [2.75, 3.05) is 13.2 Å². The summed E-state index contributed by atoms with van der Waals surface area (Å²) in [4.78, 5) is 18.0. The molecule has 0 unspecified atom stereocenters. The molecule has 0 saturated carbocycles. The third-order valence-corrected chi connectivity index (χ3v) is 3.10. The topological polar surface area (TPSA) is 121 Å². The zero-order chi connectivity index (χ0) is 18.9. The van der Waals surface area contributed by atoms with Gasteiger partial charge in [-0.05, 0) is 12.8 Å². The molecule has 0 amide bonds. The second-order valence-electron chi connectivity index (χ2n) is 3.77. The summed E-state index contributed by atoms with van der Waals surface area (Å²) < 4.78 is 3.96. The number of aliphatic hydroxyl groups is 2. The van der Waals surface area contributed by atoms with Crippen LogP contribution in [-0.2, 0) is 9.59 Å². The summed E-state index contributed by atoms with van der Waals surface area (Å²) in [6.07, 6.45) is 8.61. The number of hydrogen-bond acceptors (Lipinski definition) is 6. The van der Waals surface area contributed by atoms with E-state index in [4.69, 9.17) is 30.0 Å². The van der Waals surface area contributed by atoms with E-state index in [9.17, 15) is 0 Å². The Morgan fingerprint density at radius 1 is 0.957 bits per heavy atom. The van der Waals surface area contributed by atoms with Crippen LogP contribution < -0.4 is 10.2 Å². The maximum atomic E-state index is 9.01. The first-order chi connectivity index (χ1) is 10.9. The molecule has 0 aliphatic heterocycles. The number of carbonyl (C=O) groups is 2. The second kappa shape index (κ2) is 32.7. The van der Waals surface area contributed by atoms with Crippen molar-refractivity contribution in [3.63, 3.8) is 0 Å². The van der Waals surface area contributed by atoms with Gasteiger partial charge in [0.2, 0.25) is 0 Å². The Morgan fingerprint density at radius 3 is 1.52 bits per heavy atom. The van der Waals surface area contributed by atoms with E-state index in [2.05, 4.69) is 26.7 Å². The fraction of sp³-hybridized carbons (Fsp3) is 0.500. The Morgan fingerprint density at radius 2 is 1.35 bits per heavy atom. The van der Waals surface area contributed by atoms with Gasteiger partial charge in [-0.25, -0.2) is 0 Å². The van der Waals surface area contributed by atoms with E-state index in [1.807, 2.05) is 14.3 Å². The number of rotatable bonds is 9. The SMILES string of the molecule is C=CCCCCCC.C=[CH][Sn+2][CH]=C.O=C([O-])CO.O=C([O-])CO. The molecular weight excluding hydrogens is 407 g/mol. The number of carboxylic acids is 2. The predicted octanol–water partition coefficient (Wildman–Crippen LogP) is -0.422. The molecule has 0 aromatic rings. The number of carboxylic acid groups (broad SMARTS) is 2. The van der Waals surface area contributed by atoms with Crippen molar-refractivity contribution < 1.29 is 30.0 Å². The maximum absolute atomic E-state index is 9.01. The van der Waals surface area contributed by atoms with E-state index in [0.717, 1.165) is 0 Å². The van der Waals surface area contributed by atoms with Crippen molar-refractivity contribution >= 4 is 33.1 Å². The van der Waals surface area contributed by atoms with E-state index in [1.54, 1.807) is 0 Å². The molecule has 2 N–H and O–H groups in total. The van der Waals surface area contributed by atoms with Gasteiger partial charge in [0.05, 0.1) is 25.2 Å². The number of unbranched alkanes of at least 4 members (excludes halogenated alkanes) is 4. The maximum Gasteiger partial charge on any atom is 0.0826 e. The molecule has 0 aromatic carbocycles. The van der Waals surface area contributed by atoms with Crippen LogP contribution in [0.3, 0.4) is 0 Å². The van der Waals surface area contributed by atoms with Crippen LogP contribution in [0.4, 0.5) is 0 Å². The zero-order valence-corrected chi connectivity index (χ0v) is 16.7. The molecule has 23 heavy (non-hydrogen) atoms. The van der Waals surface area contributed by atoms with Crippen LogP contribution in [0.2, 0.25) is 0 Å². The average molecular weight is 435 g/mol. The van der Waals surface area contributed by atoms with Crippen LogP contribution in [0.1, 0.15) is 39.0 Å². The summed E-state index contributed by atoms with van der Waals surface area (Å²) in [7, 11) is 0. The smallest absolute Gasteiger partial charge is 0.0826 e. The van der Waals surface area contributed by atoms with Crippen LogP contribution >= 0.6 is 0 Å². The van der Waals surface area contributed by atoms with Gasteiger partial charge in [0, 0.05) is 0 Å². The third-order valence-electron chi connectivity index (χ3n) is 1.76. The molecule has 0 aliphatic carbocycles. The Hall–Kier alpha value is -1.12. The first-order valence-electron chi connectivity index (χ1n) is 7.07. The van der Waals surface area contributed by atoms with Gasteiger partial charge in [-0.3, -0.25) is 0 Å². The Balaban J connectivity index is -0.000000108. The van der Waals surface area contributed by atoms with E-state index in [1.165, 1.54) is 32.1 Å². The molecule has 6 nitrogen and oxygen atoms in total. The molecule has 0 aliphatic rings. The fourth-order valence-electron chi connectivity index (χ4n) is 0.799. The van der Waals surface area contributed by atoms with Gasteiger partial charge in [0.1, 0.15) is 0 Å². The van der Waals surface area contributed by atoms with Gasteiger partial charge < -0.3 is 30.0 Å². The van der Waals surface area contributed by atoms with E-state index in [0.29, 0.717) is 0 Å². The van der Waals surface area contributed by atoms with E-state index in [-0.39, 0.29) is 21.1 Å². The van der Waals surface area contributed by atoms with Gasteiger partial charge in [-0.1, -0.05) is 32.3 Å². The summed E-state index contributed by atoms with van der Waals surface area (Å²) in [5.74, 6) is -2.88. The van der Waals surface area contributed by atoms with Gasteiger partial charge in [0.25, 0.3) is 0 Å². The number of allylic oxidation sites excluding steroid dienone is 1. The monoisotopic (exact) mass is 436 g/mol. The average Bonchev–Trinajstić information content (AvgIpc) is 2.54. The molecule has 7 heteroatoms. The molecule has 0 fully saturated rings. The van der Waals surface area contributed by atoms with Crippen molar-refractivity contribution in [1.82, 2.24) is 0 Å². The first kappa shape index (κ1) is 29.8. The van der Waals surface area contributed by atoms with Crippen molar-refractivity contribution in [2.45, 2.75) is 39.0 Å². The summed E-state index contributed by atoms with van der Waals surface area (Å²) in [5.41, 5.74) is 0. The number of aliphatic hydroxyl groups excluding tert-OH is 2. The largest absolute Gasteiger partial charge is 0.548 e. The summed E-state index contributed by atoms with van der Waals surface area (Å²) >= 11 is -0.254. The van der Waals surface area contributed by atoms with Gasteiger partial charge in [0.15, 0.2) is 0 Å². The molecule has 0 bridgehead atoms. The molecule has 0 aromatic heterocycles. The Labute approximate surface area is 149 Å². The molecule has 0 radical (unpaired) electrons. The van der Waals surface area contributed by atoms with Crippen molar-refractivity contribution in [2.24, 2.45) is 0 Å². The number of aliphatic carboxylic acids is 2. The van der Waals surface area contributed by atoms with Gasteiger partial charge in [-0.15, -0.1) is 6.58 Å². The molecule has 0 rings (SSSR count). The van der Waals surface area contributed by atoms with Crippen LogP contribution in [0, 0.1) is 0 Å². The second-order valence-corrected chi connectivity index (χ2v) is 7.05. The van der Waals surface area contributed by atoms with Crippen LogP contribution in [-0.4, -0.2) is 56.5 Å². The summed E-state index contributed by atoms with van der Waals surface area (Å²) in [6.45, 7) is 11.2. The van der Waals surface area contributed by atoms with E-state index < -0.39 is 25.2 Å². The molecule has 0 spiro atoms. The van der Waals surface area contributed by atoms with Crippen molar-refractivity contribution in [1.29, 1.82) is 0 Å². The first-order valence-corrected chi connectivity index (χ1v) is 10.4. The molecule has 0 saturated heterocycles. The normalized spacial score (nSPS) is 7.43. The van der Waals surface area contributed by atoms with Gasteiger partial charge >= 0.3 is 42.5 Å². The molecule has 132 valence electrons. The fourth-order valence-corrected chi connectivity index (χ4v) is 1.27. The Kier molecular flexibility index (Phi) is 42.5. The zero-order valence-electron chi connectivity index (χ0n) is 13.8. The predicted molar refractivity (Wildman–Crippen MR) is 89.3 cm³/mol. The number of hydrogen-bond donors (Lipinski definition) is 2. The Bertz CT molecular complexity index is 272. The van der Waals surface area contributed by atoms with Crippen LogP contribution in [0.5, 0.6) is 0 Å². The molecule has 0 heterocycles. The van der Waals surface area contributed by atoms with E-state index >= 15 is 0 Å². The summed E-state index contributed by atoms with van der Waals surface area (Å²) in [6, 6.07) is 0. The molecule has 0 atom stereocenters. The van der Waals surface area contributed by atoms with Crippen molar-refractivity contribution in [3.8, 4) is 0 Å². The minimum absolute atomic E-state index is 0.254.